The minimum absolute atomic E-state index is 0.0157. The van der Waals surface area contributed by atoms with Gasteiger partial charge in [0.05, 0.1) is 16.8 Å². The maximum Gasteiger partial charge on any atom is 0.264 e. The average Bonchev–Trinajstić information content (AvgIpc) is 2.90. The lowest BCUT2D eigenvalue weighted by Crippen LogP contribution is -2.42. The summed E-state index contributed by atoms with van der Waals surface area (Å²) in [4.78, 5) is 30.4. The molecule has 8 nitrogen and oxygen atoms in total. The first kappa shape index (κ1) is 26.4. The van der Waals surface area contributed by atoms with E-state index in [1.54, 1.807) is 30.5 Å². The van der Waals surface area contributed by atoms with Crippen LogP contribution in [-0.4, -0.2) is 56.2 Å². The molecule has 37 heavy (non-hydrogen) atoms. The van der Waals surface area contributed by atoms with Crippen molar-refractivity contribution in [1.82, 2.24) is 9.88 Å². The highest BCUT2D eigenvalue weighted by atomic mass is 32.2. The zero-order valence-electron chi connectivity index (χ0n) is 20.5. The summed E-state index contributed by atoms with van der Waals surface area (Å²) in [5.41, 5.74) is 1.48. The van der Waals surface area contributed by atoms with E-state index in [2.05, 4.69) is 15.2 Å². The van der Waals surface area contributed by atoms with Crippen molar-refractivity contribution in [3.63, 3.8) is 0 Å². The molecule has 0 bridgehead atoms. The van der Waals surface area contributed by atoms with Crippen LogP contribution in [-0.2, 0) is 14.8 Å². The van der Waals surface area contributed by atoms with Gasteiger partial charge in [-0.3, -0.25) is 18.9 Å². The number of nitrogens with zero attached hydrogens (tertiary/aromatic N) is 3. The van der Waals surface area contributed by atoms with Gasteiger partial charge in [-0.15, -0.1) is 0 Å². The van der Waals surface area contributed by atoms with E-state index >= 15 is 0 Å². The number of amides is 1. The van der Waals surface area contributed by atoms with E-state index < -0.39 is 10.0 Å². The van der Waals surface area contributed by atoms with Gasteiger partial charge in [0.25, 0.3) is 10.0 Å². The van der Waals surface area contributed by atoms with Crippen LogP contribution in [0.3, 0.4) is 0 Å². The van der Waals surface area contributed by atoms with E-state index in [4.69, 9.17) is 0 Å². The van der Waals surface area contributed by atoms with Crippen LogP contribution in [0.15, 0.2) is 78.0 Å². The predicted molar refractivity (Wildman–Crippen MR) is 139 cm³/mol. The molecule has 0 saturated carbocycles. The molecule has 1 aliphatic heterocycles. The lowest BCUT2D eigenvalue weighted by Gasteiger charge is -2.33. The highest BCUT2D eigenvalue weighted by Gasteiger charge is 2.29. The van der Waals surface area contributed by atoms with E-state index in [-0.39, 0.29) is 34.9 Å². The van der Waals surface area contributed by atoms with E-state index in [0.29, 0.717) is 49.4 Å². The number of benzene rings is 2. The van der Waals surface area contributed by atoms with E-state index in [1.807, 2.05) is 0 Å². The van der Waals surface area contributed by atoms with Crippen molar-refractivity contribution in [2.75, 3.05) is 35.8 Å². The smallest absolute Gasteiger partial charge is 0.264 e. The van der Waals surface area contributed by atoms with Gasteiger partial charge in [0, 0.05) is 43.4 Å². The molecule has 1 aromatic heterocycles. The lowest BCUT2D eigenvalue weighted by atomic mass is 9.89. The number of carbonyl (C=O) groups is 2. The van der Waals surface area contributed by atoms with Gasteiger partial charge < -0.3 is 10.2 Å². The second-order valence-electron chi connectivity index (χ2n) is 8.98. The number of ketones is 1. The molecule has 0 radical (unpaired) electrons. The molecule has 1 N–H and O–H groups in total. The Bertz CT molecular complexity index is 1330. The molecule has 1 amide bonds. The minimum Gasteiger partial charge on any atom is -0.326 e. The zero-order valence-corrected chi connectivity index (χ0v) is 21.3. The number of Topliss-reactive ketones (excluding diaryl/α,β-unsaturated/α-hetero) is 1. The molecule has 194 valence electrons. The van der Waals surface area contributed by atoms with Crippen molar-refractivity contribution < 1.29 is 22.4 Å². The van der Waals surface area contributed by atoms with Gasteiger partial charge >= 0.3 is 0 Å². The van der Waals surface area contributed by atoms with Crippen LogP contribution in [0, 0.1) is 11.7 Å². The Morgan fingerprint density at radius 1 is 1.05 bits per heavy atom. The van der Waals surface area contributed by atoms with E-state index in [0.717, 1.165) is 0 Å². The van der Waals surface area contributed by atoms with Gasteiger partial charge in [-0.1, -0.05) is 0 Å². The third kappa shape index (κ3) is 6.58. The fourth-order valence-electron chi connectivity index (χ4n) is 4.43. The van der Waals surface area contributed by atoms with Crippen molar-refractivity contribution in [2.45, 2.75) is 24.7 Å². The van der Waals surface area contributed by atoms with Crippen LogP contribution in [0.2, 0.25) is 0 Å². The predicted octanol–water partition coefficient (Wildman–Crippen LogP) is 3.97. The van der Waals surface area contributed by atoms with Gasteiger partial charge in [-0.25, -0.2) is 12.8 Å². The summed E-state index contributed by atoms with van der Waals surface area (Å²) in [7, 11) is -3.89. The van der Waals surface area contributed by atoms with Crippen LogP contribution >= 0.6 is 0 Å². The summed E-state index contributed by atoms with van der Waals surface area (Å²) >= 11 is 0. The molecule has 0 unspecified atom stereocenters. The van der Waals surface area contributed by atoms with Crippen LogP contribution < -0.4 is 9.62 Å². The Morgan fingerprint density at radius 3 is 2.32 bits per heavy atom. The molecule has 0 atom stereocenters. The zero-order chi connectivity index (χ0) is 26.4. The maximum atomic E-state index is 13.6. The minimum atomic E-state index is -3.89. The average molecular weight is 525 g/mol. The number of carbonyl (C=O) groups excluding carboxylic acids is 2. The molecule has 10 heteroatoms. The quantitative estimate of drug-likeness (QED) is 0.425. The molecule has 3 aromatic rings. The summed E-state index contributed by atoms with van der Waals surface area (Å²) in [6.45, 7) is 3.39. The summed E-state index contributed by atoms with van der Waals surface area (Å²) in [5, 5.41) is 2.63. The Kier molecular flexibility index (Phi) is 8.30. The van der Waals surface area contributed by atoms with Crippen LogP contribution in [0.5, 0.6) is 0 Å². The lowest BCUT2D eigenvalue weighted by molar-refractivity contribution is -0.114. The SMILES string of the molecule is CC(=O)Nc1ccc(S(=O)(=O)N(CCN2CCC(C(=O)c3ccc(F)cc3)CC2)c2cccnc2)cc1. The molecule has 4 rings (SSSR count). The molecule has 2 heterocycles. The molecule has 0 aliphatic carbocycles. The number of hydrogen-bond donors (Lipinski definition) is 1. The number of sulfonamides is 1. The second-order valence-corrected chi connectivity index (χ2v) is 10.8. The highest BCUT2D eigenvalue weighted by Crippen LogP contribution is 2.26. The van der Waals surface area contributed by atoms with Crippen LogP contribution in [0.4, 0.5) is 15.8 Å². The van der Waals surface area contributed by atoms with Crippen molar-refractivity contribution in [1.29, 1.82) is 0 Å². The number of nitrogens with one attached hydrogen (secondary N) is 1. The van der Waals surface area contributed by atoms with Gasteiger partial charge in [-0.05, 0) is 86.6 Å². The third-order valence-electron chi connectivity index (χ3n) is 6.40. The Labute approximate surface area is 216 Å². The van der Waals surface area contributed by atoms with Gasteiger partial charge in [0.1, 0.15) is 5.82 Å². The summed E-state index contributed by atoms with van der Waals surface area (Å²) in [6.07, 6.45) is 4.40. The maximum absolute atomic E-state index is 13.6. The molecular formula is C27H29FN4O4S. The Balaban J connectivity index is 1.43. The number of likely N-dealkylation sites (tertiary alicyclic amines) is 1. The fourth-order valence-corrected chi connectivity index (χ4v) is 5.87. The van der Waals surface area contributed by atoms with Crippen LogP contribution in [0.1, 0.15) is 30.1 Å². The monoisotopic (exact) mass is 524 g/mol. The first-order chi connectivity index (χ1) is 17.7. The number of halogens is 1. The third-order valence-corrected chi connectivity index (χ3v) is 8.24. The molecule has 1 aliphatic rings. The largest absolute Gasteiger partial charge is 0.326 e. The van der Waals surface area contributed by atoms with Crippen molar-refractivity contribution in [2.24, 2.45) is 5.92 Å². The molecule has 1 fully saturated rings. The number of aromatic nitrogens is 1. The topological polar surface area (TPSA) is 99.7 Å². The first-order valence-electron chi connectivity index (χ1n) is 12.1. The van der Waals surface area contributed by atoms with Gasteiger partial charge in [-0.2, -0.15) is 0 Å². The summed E-state index contributed by atoms with van der Waals surface area (Å²) in [5.74, 6) is -0.734. The molecule has 2 aromatic carbocycles. The van der Waals surface area contributed by atoms with Gasteiger partial charge in [0.15, 0.2) is 5.78 Å². The number of piperidine rings is 1. The molecular weight excluding hydrogens is 495 g/mol. The number of hydrogen-bond acceptors (Lipinski definition) is 6. The summed E-state index contributed by atoms with van der Waals surface area (Å²) < 4.78 is 41.7. The standard InChI is InChI=1S/C27H29FN4O4S/c1-20(33)30-24-8-10-26(11-9-24)37(35,36)32(25-3-2-14-29-19-25)18-17-31-15-12-22(13-16-31)27(34)21-4-6-23(28)7-5-21/h2-11,14,19,22H,12-13,15-18H2,1H3,(H,30,33). The molecule has 0 spiro atoms. The van der Waals surface area contributed by atoms with E-state index in [1.165, 1.54) is 53.8 Å². The van der Waals surface area contributed by atoms with Crippen LogP contribution in [0.25, 0.3) is 0 Å². The first-order valence-corrected chi connectivity index (χ1v) is 13.5. The van der Waals surface area contributed by atoms with Crippen molar-refractivity contribution in [3.8, 4) is 0 Å². The second kappa shape index (κ2) is 11.6. The Hall–Kier alpha value is -3.63. The van der Waals surface area contributed by atoms with Gasteiger partial charge in [0.2, 0.25) is 5.91 Å². The Morgan fingerprint density at radius 2 is 1.73 bits per heavy atom. The number of rotatable bonds is 9. The van der Waals surface area contributed by atoms with Crippen molar-refractivity contribution in [3.05, 3.63) is 84.4 Å². The van der Waals surface area contributed by atoms with Crippen molar-refractivity contribution >= 4 is 33.1 Å². The highest BCUT2D eigenvalue weighted by molar-refractivity contribution is 7.92. The molecule has 1 saturated heterocycles. The fraction of sp³-hybridized carbons (Fsp3) is 0.296. The number of anilines is 2. The summed E-state index contributed by atoms with van der Waals surface area (Å²) in [6, 6.07) is 15.1. The normalized spacial score (nSPS) is 14.8. The van der Waals surface area contributed by atoms with E-state index in [9.17, 15) is 22.4 Å². The number of pyridine rings is 1.